The molecule has 0 unspecified atom stereocenters. The summed E-state index contributed by atoms with van der Waals surface area (Å²) in [6, 6.07) is 5.31. The van der Waals surface area contributed by atoms with Gasteiger partial charge in [-0.2, -0.15) is 0 Å². The van der Waals surface area contributed by atoms with Crippen LogP contribution in [0.2, 0.25) is 0 Å². The van der Waals surface area contributed by atoms with Crippen molar-refractivity contribution in [2.24, 2.45) is 0 Å². The molecule has 0 saturated heterocycles. The minimum atomic E-state index is -3.28. The maximum atomic E-state index is 13.9. The van der Waals surface area contributed by atoms with Gasteiger partial charge in [-0.15, -0.1) is 0 Å². The standard InChI is InChI=1S/C14H22FN3O3S/c1-17(2)13(11-7-5-6-8-12(11)15)14(19)16-9-10-18(3)22(4,20)21/h5-8,13H,9-10H2,1-4H3,(H,16,19)/t13-/m0/s1. The molecule has 0 bridgehead atoms. The summed E-state index contributed by atoms with van der Waals surface area (Å²) < 4.78 is 37.6. The number of likely N-dealkylation sites (N-methyl/N-ethyl adjacent to an activating group) is 2. The fourth-order valence-electron chi connectivity index (χ4n) is 1.95. The Morgan fingerprint density at radius 2 is 1.86 bits per heavy atom. The molecular weight excluding hydrogens is 309 g/mol. The van der Waals surface area contributed by atoms with Crippen molar-refractivity contribution in [2.45, 2.75) is 6.04 Å². The van der Waals surface area contributed by atoms with Gasteiger partial charge in [-0.05, 0) is 20.2 Å². The molecule has 1 rings (SSSR count). The smallest absolute Gasteiger partial charge is 0.242 e. The Kier molecular flexibility index (Phi) is 6.46. The number of nitrogens with zero attached hydrogens (tertiary/aromatic N) is 2. The van der Waals surface area contributed by atoms with E-state index in [0.717, 1.165) is 10.6 Å². The highest BCUT2D eigenvalue weighted by Gasteiger charge is 2.25. The van der Waals surface area contributed by atoms with Crippen molar-refractivity contribution >= 4 is 15.9 Å². The Morgan fingerprint density at radius 1 is 1.27 bits per heavy atom. The van der Waals surface area contributed by atoms with Gasteiger partial charge in [-0.1, -0.05) is 18.2 Å². The van der Waals surface area contributed by atoms with Crippen molar-refractivity contribution in [2.75, 3.05) is 40.5 Å². The van der Waals surface area contributed by atoms with Crippen molar-refractivity contribution < 1.29 is 17.6 Å². The second kappa shape index (κ2) is 7.66. The highest BCUT2D eigenvalue weighted by Crippen LogP contribution is 2.21. The zero-order valence-corrected chi connectivity index (χ0v) is 14.0. The number of amides is 1. The first-order valence-electron chi connectivity index (χ1n) is 6.74. The van der Waals surface area contributed by atoms with E-state index in [1.807, 2.05) is 0 Å². The molecule has 8 heteroatoms. The van der Waals surface area contributed by atoms with E-state index in [0.29, 0.717) is 0 Å². The number of nitrogens with one attached hydrogen (secondary N) is 1. The van der Waals surface area contributed by atoms with Crippen molar-refractivity contribution in [1.29, 1.82) is 0 Å². The summed E-state index contributed by atoms with van der Waals surface area (Å²) in [5.41, 5.74) is 0.279. The topological polar surface area (TPSA) is 69.7 Å². The lowest BCUT2D eigenvalue weighted by molar-refractivity contribution is -0.125. The number of hydrogen-bond acceptors (Lipinski definition) is 4. The lowest BCUT2D eigenvalue weighted by Gasteiger charge is -2.24. The van der Waals surface area contributed by atoms with E-state index >= 15 is 0 Å². The number of carbonyl (C=O) groups excluding carboxylic acids is 1. The third kappa shape index (κ3) is 5.04. The molecule has 1 atom stereocenters. The van der Waals surface area contributed by atoms with E-state index in [-0.39, 0.29) is 24.6 Å². The summed E-state index contributed by atoms with van der Waals surface area (Å²) in [6.45, 7) is 0.309. The molecule has 0 aromatic heterocycles. The van der Waals surface area contributed by atoms with Gasteiger partial charge < -0.3 is 5.32 Å². The Labute approximate surface area is 131 Å². The zero-order chi connectivity index (χ0) is 16.9. The number of carbonyl (C=O) groups is 1. The lowest BCUT2D eigenvalue weighted by Crippen LogP contribution is -2.41. The quantitative estimate of drug-likeness (QED) is 0.787. The molecule has 0 fully saturated rings. The molecule has 1 aromatic rings. The summed E-state index contributed by atoms with van der Waals surface area (Å²) in [5.74, 6) is -0.832. The van der Waals surface area contributed by atoms with E-state index in [9.17, 15) is 17.6 Å². The van der Waals surface area contributed by atoms with Crippen LogP contribution >= 0.6 is 0 Å². The first-order valence-corrected chi connectivity index (χ1v) is 8.59. The van der Waals surface area contributed by atoms with Crippen LogP contribution in [0.3, 0.4) is 0 Å². The molecule has 124 valence electrons. The van der Waals surface area contributed by atoms with Crippen LogP contribution in [0, 0.1) is 5.82 Å². The summed E-state index contributed by atoms with van der Waals surface area (Å²) in [4.78, 5) is 13.9. The van der Waals surface area contributed by atoms with Gasteiger partial charge in [0, 0.05) is 25.7 Å². The van der Waals surface area contributed by atoms with Gasteiger partial charge in [-0.25, -0.2) is 17.1 Å². The lowest BCUT2D eigenvalue weighted by atomic mass is 10.0. The van der Waals surface area contributed by atoms with E-state index < -0.39 is 21.9 Å². The van der Waals surface area contributed by atoms with Gasteiger partial charge in [0.1, 0.15) is 11.9 Å². The first-order chi connectivity index (χ1) is 10.1. The SMILES string of the molecule is CN(C)[C@H](C(=O)NCCN(C)S(C)(=O)=O)c1ccccc1F. The van der Waals surface area contributed by atoms with Gasteiger partial charge in [0.2, 0.25) is 15.9 Å². The van der Waals surface area contributed by atoms with E-state index in [1.54, 1.807) is 37.2 Å². The Hall–Kier alpha value is -1.51. The predicted octanol–water partition coefficient (Wildman–Crippen LogP) is 0.436. The fourth-order valence-corrected chi connectivity index (χ4v) is 2.37. The summed E-state index contributed by atoms with van der Waals surface area (Å²) in [6.07, 6.45) is 1.09. The van der Waals surface area contributed by atoms with Crippen molar-refractivity contribution in [3.8, 4) is 0 Å². The highest BCUT2D eigenvalue weighted by molar-refractivity contribution is 7.88. The normalized spacial score (nSPS) is 13.4. The number of rotatable bonds is 7. The number of halogens is 1. The van der Waals surface area contributed by atoms with Crippen molar-refractivity contribution in [3.05, 3.63) is 35.6 Å². The molecule has 0 spiro atoms. The molecule has 6 nitrogen and oxygen atoms in total. The summed E-state index contributed by atoms with van der Waals surface area (Å²) >= 11 is 0. The number of benzene rings is 1. The van der Waals surface area contributed by atoms with Gasteiger partial charge in [0.15, 0.2) is 0 Å². The molecule has 1 amide bonds. The maximum Gasteiger partial charge on any atom is 0.242 e. The molecule has 0 aliphatic carbocycles. The third-order valence-corrected chi connectivity index (χ3v) is 4.57. The van der Waals surface area contributed by atoms with Gasteiger partial charge >= 0.3 is 0 Å². The second-order valence-corrected chi connectivity index (χ2v) is 7.35. The van der Waals surface area contributed by atoms with Crippen molar-refractivity contribution in [3.63, 3.8) is 0 Å². The van der Waals surface area contributed by atoms with Crippen LogP contribution in [-0.2, 0) is 14.8 Å². The van der Waals surface area contributed by atoms with Crippen LogP contribution in [0.4, 0.5) is 4.39 Å². The van der Waals surface area contributed by atoms with E-state index in [4.69, 9.17) is 0 Å². The molecule has 1 aromatic carbocycles. The van der Waals surface area contributed by atoms with Crippen LogP contribution in [0.25, 0.3) is 0 Å². The van der Waals surface area contributed by atoms with Gasteiger partial charge in [0.25, 0.3) is 0 Å². The Morgan fingerprint density at radius 3 is 2.36 bits per heavy atom. The molecule has 0 heterocycles. The molecule has 22 heavy (non-hydrogen) atoms. The minimum absolute atomic E-state index is 0.154. The molecule has 0 saturated carbocycles. The van der Waals surface area contributed by atoms with Crippen LogP contribution in [0.1, 0.15) is 11.6 Å². The number of sulfonamides is 1. The van der Waals surface area contributed by atoms with E-state index in [1.165, 1.54) is 13.1 Å². The molecule has 0 radical (unpaired) electrons. The Balaban J connectivity index is 2.74. The predicted molar refractivity (Wildman–Crippen MR) is 83.3 cm³/mol. The van der Waals surface area contributed by atoms with Crippen molar-refractivity contribution in [1.82, 2.24) is 14.5 Å². The van der Waals surface area contributed by atoms with E-state index in [2.05, 4.69) is 5.32 Å². The fraction of sp³-hybridized carbons (Fsp3) is 0.500. The van der Waals surface area contributed by atoms with Crippen LogP contribution < -0.4 is 5.32 Å². The first kappa shape index (κ1) is 18.5. The summed E-state index contributed by atoms with van der Waals surface area (Å²) in [7, 11) is 1.51. The number of hydrogen-bond donors (Lipinski definition) is 1. The zero-order valence-electron chi connectivity index (χ0n) is 13.2. The Bertz CT molecular complexity index is 620. The average molecular weight is 331 g/mol. The molecular formula is C14H22FN3O3S. The molecule has 1 N–H and O–H groups in total. The minimum Gasteiger partial charge on any atom is -0.353 e. The van der Waals surface area contributed by atoms with Crippen LogP contribution in [-0.4, -0.2) is 64.0 Å². The van der Waals surface area contributed by atoms with Gasteiger partial charge in [0.05, 0.1) is 6.26 Å². The monoisotopic (exact) mass is 331 g/mol. The van der Waals surface area contributed by atoms with Crippen LogP contribution in [0.5, 0.6) is 0 Å². The third-order valence-electron chi connectivity index (χ3n) is 3.26. The molecule has 0 aliphatic heterocycles. The van der Waals surface area contributed by atoms with Crippen LogP contribution in [0.15, 0.2) is 24.3 Å². The largest absolute Gasteiger partial charge is 0.353 e. The average Bonchev–Trinajstić information content (AvgIpc) is 2.39. The maximum absolute atomic E-state index is 13.9. The molecule has 0 aliphatic rings. The second-order valence-electron chi connectivity index (χ2n) is 5.26. The summed E-state index contributed by atoms with van der Waals surface area (Å²) in [5, 5.41) is 2.64. The highest BCUT2D eigenvalue weighted by atomic mass is 32.2. The van der Waals surface area contributed by atoms with Gasteiger partial charge in [-0.3, -0.25) is 9.69 Å².